The van der Waals surface area contributed by atoms with Crippen LogP contribution in [0.15, 0.2) is 24.3 Å². The van der Waals surface area contributed by atoms with Crippen LogP contribution in [-0.2, 0) is 9.84 Å². The maximum atomic E-state index is 11.4. The molecule has 1 fully saturated rings. The monoisotopic (exact) mass is 269 g/mol. The number of sulfone groups is 1. The molecule has 0 saturated carbocycles. The van der Waals surface area contributed by atoms with Gasteiger partial charge in [0.05, 0.1) is 17.6 Å². The van der Waals surface area contributed by atoms with Crippen LogP contribution in [0.3, 0.4) is 0 Å². The van der Waals surface area contributed by atoms with Crippen LogP contribution in [-0.4, -0.2) is 38.1 Å². The van der Waals surface area contributed by atoms with Gasteiger partial charge in [-0.05, 0) is 12.5 Å². The highest BCUT2D eigenvalue weighted by molar-refractivity contribution is 7.91. The van der Waals surface area contributed by atoms with Gasteiger partial charge in [-0.3, -0.25) is 0 Å². The van der Waals surface area contributed by atoms with Crippen molar-refractivity contribution in [2.45, 2.75) is 19.4 Å². The molecule has 4 nitrogen and oxygen atoms in total. The highest BCUT2D eigenvalue weighted by Gasteiger charge is 2.24. The minimum absolute atomic E-state index is 0.198. The Morgan fingerprint density at radius 2 is 1.89 bits per heavy atom. The first-order chi connectivity index (χ1) is 8.53. The molecule has 0 spiro atoms. The largest absolute Gasteiger partial charge is 0.388 e. The number of rotatable bonds is 3. The SMILES string of the molecule is CC[C@@H](O)c1ccccc1N1CCS(=O)(=O)CC1. The van der Waals surface area contributed by atoms with Crippen molar-refractivity contribution < 1.29 is 13.5 Å². The molecular weight excluding hydrogens is 250 g/mol. The van der Waals surface area contributed by atoms with E-state index in [0.29, 0.717) is 19.5 Å². The van der Waals surface area contributed by atoms with E-state index in [0.717, 1.165) is 11.3 Å². The molecule has 0 unspecified atom stereocenters. The summed E-state index contributed by atoms with van der Waals surface area (Å²) in [5.41, 5.74) is 1.85. The second kappa shape index (κ2) is 5.28. The van der Waals surface area contributed by atoms with Gasteiger partial charge in [0.15, 0.2) is 9.84 Å². The lowest BCUT2D eigenvalue weighted by Crippen LogP contribution is -2.40. The van der Waals surface area contributed by atoms with Crippen molar-refractivity contribution in [3.63, 3.8) is 0 Å². The van der Waals surface area contributed by atoms with E-state index < -0.39 is 15.9 Å². The van der Waals surface area contributed by atoms with Gasteiger partial charge in [-0.2, -0.15) is 0 Å². The highest BCUT2D eigenvalue weighted by atomic mass is 32.2. The zero-order valence-corrected chi connectivity index (χ0v) is 11.4. The molecule has 1 aromatic carbocycles. The molecule has 1 heterocycles. The Kier molecular flexibility index (Phi) is 3.92. The quantitative estimate of drug-likeness (QED) is 0.900. The topological polar surface area (TPSA) is 57.6 Å². The van der Waals surface area contributed by atoms with E-state index in [9.17, 15) is 13.5 Å². The maximum Gasteiger partial charge on any atom is 0.153 e. The van der Waals surface area contributed by atoms with Gasteiger partial charge in [0.1, 0.15) is 0 Å². The van der Waals surface area contributed by atoms with Crippen molar-refractivity contribution in [2.75, 3.05) is 29.5 Å². The molecule has 0 radical (unpaired) electrons. The predicted molar refractivity (Wildman–Crippen MR) is 72.6 cm³/mol. The van der Waals surface area contributed by atoms with E-state index >= 15 is 0 Å². The van der Waals surface area contributed by atoms with Crippen LogP contribution in [0.2, 0.25) is 0 Å². The van der Waals surface area contributed by atoms with Gasteiger partial charge in [0.2, 0.25) is 0 Å². The molecule has 100 valence electrons. The Morgan fingerprint density at radius 3 is 2.50 bits per heavy atom. The first-order valence-electron chi connectivity index (χ1n) is 6.26. The minimum Gasteiger partial charge on any atom is -0.388 e. The molecule has 0 bridgehead atoms. The van der Waals surface area contributed by atoms with E-state index in [1.165, 1.54) is 0 Å². The lowest BCUT2D eigenvalue weighted by molar-refractivity contribution is 0.174. The van der Waals surface area contributed by atoms with Gasteiger partial charge < -0.3 is 10.0 Å². The van der Waals surface area contributed by atoms with Gasteiger partial charge in [0, 0.05) is 24.3 Å². The Morgan fingerprint density at radius 1 is 1.28 bits per heavy atom. The average molecular weight is 269 g/mol. The Balaban J connectivity index is 2.24. The van der Waals surface area contributed by atoms with Crippen LogP contribution in [0.5, 0.6) is 0 Å². The number of benzene rings is 1. The number of anilines is 1. The number of para-hydroxylation sites is 1. The summed E-state index contributed by atoms with van der Waals surface area (Å²) in [5, 5.41) is 10.00. The molecule has 1 aliphatic rings. The van der Waals surface area contributed by atoms with Gasteiger partial charge in [-0.25, -0.2) is 8.42 Å². The molecule has 2 rings (SSSR count). The van der Waals surface area contributed by atoms with E-state index in [1.807, 2.05) is 31.2 Å². The summed E-state index contributed by atoms with van der Waals surface area (Å²) in [7, 11) is -2.87. The van der Waals surface area contributed by atoms with Crippen molar-refractivity contribution in [1.29, 1.82) is 0 Å². The molecule has 0 amide bonds. The van der Waals surface area contributed by atoms with E-state index in [1.54, 1.807) is 0 Å². The van der Waals surface area contributed by atoms with Gasteiger partial charge in [-0.15, -0.1) is 0 Å². The third-order valence-electron chi connectivity index (χ3n) is 3.37. The van der Waals surface area contributed by atoms with Crippen molar-refractivity contribution in [3.8, 4) is 0 Å². The molecular formula is C13H19NO3S. The highest BCUT2D eigenvalue weighted by Crippen LogP contribution is 2.28. The van der Waals surface area contributed by atoms with Gasteiger partial charge >= 0.3 is 0 Å². The predicted octanol–water partition coefficient (Wildman–Crippen LogP) is 1.36. The first kappa shape index (κ1) is 13.4. The van der Waals surface area contributed by atoms with Crippen molar-refractivity contribution >= 4 is 15.5 Å². The van der Waals surface area contributed by atoms with Crippen LogP contribution in [0.4, 0.5) is 5.69 Å². The summed E-state index contributed by atoms with van der Waals surface area (Å²) in [4.78, 5) is 2.05. The molecule has 1 N–H and O–H groups in total. The molecule has 1 aliphatic heterocycles. The second-order valence-corrected chi connectivity index (χ2v) is 6.93. The van der Waals surface area contributed by atoms with Crippen LogP contribution >= 0.6 is 0 Å². The average Bonchev–Trinajstić information content (AvgIpc) is 2.38. The molecule has 1 aromatic rings. The number of hydrogen-bond donors (Lipinski definition) is 1. The number of aliphatic hydroxyl groups excluding tert-OH is 1. The summed E-state index contributed by atoms with van der Waals surface area (Å²) >= 11 is 0. The van der Waals surface area contributed by atoms with E-state index in [4.69, 9.17) is 0 Å². The lowest BCUT2D eigenvalue weighted by atomic mass is 10.0. The molecule has 1 saturated heterocycles. The first-order valence-corrected chi connectivity index (χ1v) is 8.08. The summed E-state index contributed by atoms with van der Waals surface area (Å²) in [6.07, 6.45) is 0.170. The normalized spacial score (nSPS) is 20.7. The fourth-order valence-corrected chi connectivity index (χ4v) is 3.43. The maximum absolute atomic E-state index is 11.4. The van der Waals surface area contributed by atoms with Crippen LogP contribution in [0, 0.1) is 0 Å². The standard InChI is InChI=1S/C13H19NO3S/c1-2-13(15)11-5-3-4-6-12(11)14-7-9-18(16,17)10-8-14/h3-6,13,15H,2,7-10H2,1H3/t13-/m1/s1. The number of nitrogens with zero attached hydrogens (tertiary/aromatic N) is 1. The van der Waals surface area contributed by atoms with E-state index in [2.05, 4.69) is 4.90 Å². The summed E-state index contributed by atoms with van der Waals surface area (Å²) in [6.45, 7) is 2.95. The zero-order valence-electron chi connectivity index (χ0n) is 10.5. The Hall–Kier alpha value is -1.07. The van der Waals surface area contributed by atoms with Crippen LogP contribution in [0.25, 0.3) is 0 Å². The number of hydrogen-bond acceptors (Lipinski definition) is 4. The van der Waals surface area contributed by atoms with Crippen LogP contribution in [0.1, 0.15) is 25.0 Å². The Labute approximate surface area is 108 Å². The minimum atomic E-state index is -2.87. The van der Waals surface area contributed by atoms with Crippen molar-refractivity contribution in [2.24, 2.45) is 0 Å². The van der Waals surface area contributed by atoms with Crippen molar-refractivity contribution in [1.82, 2.24) is 0 Å². The number of aliphatic hydroxyl groups is 1. The molecule has 18 heavy (non-hydrogen) atoms. The van der Waals surface area contributed by atoms with Crippen molar-refractivity contribution in [3.05, 3.63) is 29.8 Å². The lowest BCUT2D eigenvalue weighted by Gasteiger charge is -2.31. The molecule has 1 atom stereocenters. The van der Waals surface area contributed by atoms with Gasteiger partial charge in [-0.1, -0.05) is 25.1 Å². The summed E-state index contributed by atoms with van der Waals surface area (Å²) < 4.78 is 22.9. The smallest absolute Gasteiger partial charge is 0.153 e. The molecule has 0 aliphatic carbocycles. The molecule has 0 aromatic heterocycles. The summed E-state index contributed by atoms with van der Waals surface area (Å²) in [6, 6.07) is 7.68. The zero-order chi connectivity index (χ0) is 13.2. The van der Waals surface area contributed by atoms with E-state index in [-0.39, 0.29) is 11.5 Å². The van der Waals surface area contributed by atoms with Crippen LogP contribution < -0.4 is 4.90 Å². The fraction of sp³-hybridized carbons (Fsp3) is 0.538. The molecule has 5 heteroatoms. The second-order valence-electron chi connectivity index (χ2n) is 4.62. The fourth-order valence-electron chi connectivity index (χ4n) is 2.23. The summed E-state index contributed by atoms with van der Waals surface area (Å²) in [5.74, 6) is 0.396. The third-order valence-corrected chi connectivity index (χ3v) is 4.98. The Bertz CT molecular complexity index is 499. The van der Waals surface area contributed by atoms with Gasteiger partial charge in [0.25, 0.3) is 0 Å². The third kappa shape index (κ3) is 2.84.